The largest absolute Gasteiger partial charge is 0.496 e. The molecule has 1 atom stereocenters. The number of aliphatic hydroxyl groups excluding tert-OH is 1. The lowest BCUT2D eigenvalue weighted by molar-refractivity contribution is 0.222. The number of methoxy groups -OCH3 is 1. The molecule has 3 heteroatoms. The summed E-state index contributed by atoms with van der Waals surface area (Å²) < 4.78 is 5.38. The molecule has 0 aliphatic rings. The Morgan fingerprint density at radius 3 is 2.48 bits per heavy atom. The van der Waals surface area contributed by atoms with Crippen LogP contribution in [-0.4, -0.2) is 24.6 Å². The molecule has 0 radical (unpaired) electrons. The molecule has 112 valence electrons. The van der Waals surface area contributed by atoms with E-state index in [1.54, 1.807) is 7.11 Å². The molecule has 1 N–H and O–H groups in total. The van der Waals surface area contributed by atoms with Gasteiger partial charge in [-0.25, -0.2) is 0 Å². The predicted molar refractivity (Wildman–Crippen MR) is 89.1 cm³/mol. The minimum Gasteiger partial charge on any atom is -0.496 e. The Bertz CT molecular complexity index is 528. The number of hydrogen-bond acceptors (Lipinski definition) is 3. The third kappa shape index (κ3) is 5.10. The van der Waals surface area contributed by atoms with E-state index in [0.717, 1.165) is 24.3 Å². The maximum absolute atomic E-state index is 9.60. The molecule has 0 saturated heterocycles. The number of ether oxygens (including phenoxy) is 1. The zero-order valence-electron chi connectivity index (χ0n) is 12.4. The fourth-order valence-corrected chi connectivity index (χ4v) is 3.34. The van der Waals surface area contributed by atoms with Crippen LogP contribution in [0.2, 0.25) is 0 Å². The van der Waals surface area contributed by atoms with Gasteiger partial charge < -0.3 is 9.84 Å². The van der Waals surface area contributed by atoms with E-state index in [1.165, 1.54) is 10.5 Å². The van der Waals surface area contributed by atoms with E-state index in [2.05, 4.69) is 30.3 Å². The van der Waals surface area contributed by atoms with E-state index in [0.29, 0.717) is 0 Å². The van der Waals surface area contributed by atoms with Gasteiger partial charge in [0.1, 0.15) is 5.75 Å². The molecular weight excluding hydrogens is 280 g/mol. The van der Waals surface area contributed by atoms with Crippen molar-refractivity contribution in [3.8, 4) is 5.75 Å². The minimum absolute atomic E-state index is 0.216. The van der Waals surface area contributed by atoms with Crippen molar-refractivity contribution in [2.75, 3.05) is 19.5 Å². The first-order valence-electron chi connectivity index (χ1n) is 7.24. The molecule has 0 fully saturated rings. The fourth-order valence-electron chi connectivity index (χ4n) is 2.30. The van der Waals surface area contributed by atoms with Crippen molar-refractivity contribution in [2.45, 2.75) is 17.7 Å². The van der Waals surface area contributed by atoms with Crippen LogP contribution in [-0.2, 0) is 6.42 Å². The molecule has 0 aliphatic heterocycles. The summed E-state index contributed by atoms with van der Waals surface area (Å²) in [5.74, 6) is 2.20. The normalized spacial score (nSPS) is 12.1. The number of rotatable bonds is 8. The molecule has 0 aromatic heterocycles. The van der Waals surface area contributed by atoms with Gasteiger partial charge in [-0.2, -0.15) is 0 Å². The van der Waals surface area contributed by atoms with Crippen LogP contribution in [0.5, 0.6) is 5.75 Å². The molecule has 2 aromatic rings. The van der Waals surface area contributed by atoms with E-state index < -0.39 is 0 Å². The summed E-state index contributed by atoms with van der Waals surface area (Å²) in [6, 6.07) is 18.4. The summed E-state index contributed by atoms with van der Waals surface area (Å²) in [6.07, 6.45) is 1.85. The third-order valence-electron chi connectivity index (χ3n) is 3.50. The van der Waals surface area contributed by atoms with E-state index >= 15 is 0 Å². The van der Waals surface area contributed by atoms with Gasteiger partial charge in [0, 0.05) is 11.5 Å². The first-order chi connectivity index (χ1) is 10.3. The highest BCUT2D eigenvalue weighted by Gasteiger charge is 2.11. The van der Waals surface area contributed by atoms with Crippen LogP contribution in [0.1, 0.15) is 12.0 Å². The fraction of sp³-hybridized carbons (Fsp3) is 0.333. The molecule has 2 rings (SSSR count). The summed E-state index contributed by atoms with van der Waals surface area (Å²) in [7, 11) is 1.69. The Morgan fingerprint density at radius 1 is 1.05 bits per heavy atom. The van der Waals surface area contributed by atoms with Crippen molar-refractivity contribution in [3.63, 3.8) is 0 Å². The summed E-state index contributed by atoms with van der Waals surface area (Å²) in [6.45, 7) is 0.216. The zero-order valence-corrected chi connectivity index (χ0v) is 13.2. The molecule has 2 aromatic carbocycles. The minimum atomic E-state index is 0.216. The number of thioether (sulfide) groups is 1. The monoisotopic (exact) mass is 302 g/mol. The van der Waals surface area contributed by atoms with Gasteiger partial charge in [-0.1, -0.05) is 36.4 Å². The number of benzene rings is 2. The molecule has 0 aliphatic carbocycles. The van der Waals surface area contributed by atoms with E-state index in [1.807, 2.05) is 36.0 Å². The lowest BCUT2D eigenvalue weighted by Gasteiger charge is -2.16. The molecule has 0 saturated carbocycles. The molecule has 2 nitrogen and oxygen atoms in total. The maximum Gasteiger partial charge on any atom is 0.122 e. The van der Waals surface area contributed by atoms with Crippen LogP contribution in [0.15, 0.2) is 59.5 Å². The molecule has 0 amide bonds. The van der Waals surface area contributed by atoms with Gasteiger partial charge in [-0.15, -0.1) is 11.8 Å². The Balaban J connectivity index is 1.85. The molecule has 0 spiro atoms. The lowest BCUT2D eigenvalue weighted by Crippen LogP contribution is -2.11. The second kappa shape index (κ2) is 8.75. The van der Waals surface area contributed by atoms with Gasteiger partial charge >= 0.3 is 0 Å². The van der Waals surface area contributed by atoms with E-state index in [9.17, 15) is 5.11 Å². The molecular formula is C18H22O2S. The number of para-hydroxylation sites is 1. The van der Waals surface area contributed by atoms with Crippen LogP contribution in [0.4, 0.5) is 0 Å². The van der Waals surface area contributed by atoms with Crippen molar-refractivity contribution in [1.82, 2.24) is 0 Å². The summed E-state index contributed by atoms with van der Waals surface area (Å²) in [5.41, 5.74) is 1.17. The van der Waals surface area contributed by atoms with Crippen LogP contribution < -0.4 is 4.74 Å². The molecule has 1 unspecified atom stereocenters. The van der Waals surface area contributed by atoms with Crippen LogP contribution in [0, 0.1) is 5.92 Å². The van der Waals surface area contributed by atoms with Gasteiger partial charge in [-0.05, 0) is 48.3 Å². The summed E-state index contributed by atoms with van der Waals surface area (Å²) in [5, 5.41) is 9.60. The van der Waals surface area contributed by atoms with Gasteiger partial charge in [0.15, 0.2) is 0 Å². The van der Waals surface area contributed by atoms with E-state index in [4.69, 9.17) is 4.74 Å². The number of hydrogen-bond donors (Lipinski definition) is 1. The van der Waals surface area contributed by atoms with Gasteiger partial charge in [0.25, 0.3) is 0 Å². The third-order valence-corrected chi connectivity index (χ3v) is 4.54. The Hall–Kier alpha value is -1.45. The number of aliphatic hydroxyl groups is 1. The SMILES string of the molecule is COc1ccccc1CC(CO)CCSc1ccccc1. The standard InChI is InChI=1S/C18H22O2S/c1-20-18-10-6-5-7-16(18)13-15(14-19)11-12-21-17-8-3-2-4-9-17/h2-10,15,19H,11-14H2,1H3. The van der Waals surface area contributed by atoms with Crippen LogP contribution in [0.25, 0.3) is 0 Å². The second-order valence-electron chi connectivity index (χ2n) is 5.01. The van der Waals surface area contributed by atoms with Crippen LogP contribution in [0.3, 0.4) is 0 Å². The Morgan fingerprint density at radius 2 is 1.76 bits per heavy atom. The average molecular weight is 302 g/mol. The first-order valence-corrected chi connectivity index (χ1v) is 8.22. The second-order valence-corrected chi connectivity index (χ2v) is 6.18. The maximum atomic E-state index is 9.60. The Labute approximate surface area is 131 Å². The van der Waals surface area contributed by atoms with Gasteiger partial charge in [0.05, 0.1) is 7.11 Å². The highest BCUT2D eigenvalue weighted by Crippen LogP contribution is 2.25. The zero-order chi connectivity index (χ0) is 14.9. The van der Waals surface area contributed by atoms with Crippen molar-refractivity contribution < 1.29 is 9.84 Å². The first kappa shape index (κ1) is 15.9. The molecule has 0 bridgehead atoms. The highest BCUT2D eigenvalue weighted by molar-refractivity contribution is 7.99. The van der Waals surface area contributed by atoms with Crippen LogP contribution >= 0.6 is 11.8 Å². The average Bonchev–Trinajstić information content (AvgIpc) is 2.55. The summed E-state index contributed by atoms with van der Waals surface area (Å²) >= 11 is 1.84. The van der Waals surface area contributed by atoms with Gasteiger partial charge in [0.2, 0.25) is 0 Å². The molecule has 0 heterocycles. The van der Waals surface area contributed by atoms with Crippen molar-refractivity contribution in [3.05, 3.63) is 60.2 Å². The van der Waals surface area contributed by atoms with E-state index in [-0.39, 0.29) is 12.5 Å². The van der Waals surface area contributed by atoms with Gasteiger partial charge in [-0.3, -0.25) is 0 Å². The topological polar surface area (TPSA) is 29.5 Å². The van der Waals surface area contributed by atoms with Crippen molar-refractivity contribution in [2.24, 2.45) is 5.92 Å². The highest BCUT2D eigenvalue weighted by atomic mass is 32.2. The Kier molecular flexibility index (Phi) is 6.64. The molecule has 21 heavy (non-hydrogen) atoms. The quantitative estimate of drug-likeness (QED) is 0.747. The van der Waals surface area contributed by atoms with Crippen molar-refractivity contribution in [1.29, 1.82) is 0 Å². The predicted octanol–water partition coefficient (Wildman–Crippen LogP) is 4.03. The smallest absolute Gasteiger partial charge is 0.122 e. The lowest BCUT2D eigenvalue weighted by atomic mass is 9.97. The summed E-state index contributed by atoms with van der Waals surface area (Å²) in [4.78, 5) is 1.28. The van der Waals surface area contributed by atoms with Crippen molar-refractivity contribution >= 4 is 11.8 Å².